The van der Waals surface area contributed by atoms with E-state index in [1.165, 1.54) is 12.0 Å². The number of benzene rings is 1. The molecule has 5 nitrogen and oxygen atoms in total. The molecule has 0 aliphatic carbocycles. The number of methoxy groups -OCH3 is 1. The van der Waals surface area contributed by atoms with E-state index in [1.54, 1.807) is 26.8 Å². The van der Waals surface area contributed by atoms with Crippen LogP contribution in [-0.4, -0.2) is 36.2 Å². The van der Waals surface area contributed by atoms with Gasteiger partial charge in [0.15, 0.2) is 0 Å². The number of amides is 1. The zero-order valence-electron chi connectivity index (χ0n) is 14.1. The molecular weight excluding hydrogens is 294 g/mol. The minimum absolute atomic E-state index is 0.203. The van der Waals surface area contributed by atoms with Crippen LogP contribution in [0.2, 0.25) is 0 Å². The van der Waals surface area contributed by atoms with Crippen LogP contribution in [0.4, 0.5) is 4.79 Å². The van der Waals surface area contributed by atoms with Crippen LogP contribution in [-0.2, 0) is 20.7 Å². The summed E-state index contributed by atoms with van der Waals surface area (Å²) in [6.45, 7) is 5.80. The third-order valence-electron chi connectivity index (χ3n) is 3.47. The first-order chi connectivity index (χ1) is 10.8. The van der Waals surface area contributed by atoms with Crippen molar-refractivity contribution in [3.05, 3.63) is 41.1 Å². The number of carbonyl (C=O) groups is 2. The SMILES string of the molecule is COC(=O)/C1=C/c2ccccc2CCCN1C(=O)OC(C)(C)C. The zero-order chi connectivity index (χ0) is 17.0. The highest BCUT2D eigenvalue weighted by molar-refractivity contribution is 5.97. The number of fused-ring (bicyclic) bond motifs is 1. The highest BCUT2D eigenvalue weighted by Gasteiger charge is 2.29. The fraction of sp³-hybridized carbons (Fsp3) is 0.444. The molecule has 0 radical (unpaired) electrons. The lowest BCUT2D eigenvalue weighted by Gasteiger charge is -2.29. The van der Waals surface area contributed by atoms with Gasteiger partial charge in [-0.15, -0.1) is 0 Å². The monoisotopic (exact) mass is 317 g/mol. The molecule has 1 amide bonds. The average molecular weight is 317 g/mol. The first-order valence-electron chi connectivity index (χ1n) is 7.70. The number of hydrogen-bond acceptors (Lipinski definition) is 4. The van der Waals surface area contributed by atoms with Crippen molar-refractivity contribution in [3.8, 4) is 0 Å². The molecule has 1 aliphatic heterocycles. The summed E-state index contributed by atoms with van der Waals surface area (Å²) in [5.74, 6) is -0.549. The van der Waals surface area contributed by atoms with Gasteiger partial charge in [0.25, 0.3) is 0 Å². The predicted molar refractivity (Wildman–Crippen MR) is 87.7 cm³/mol. The molecule has 0 saturated heterocycles. The molecule has 23 heavy (non-hydrogen) atoms. The predicted octanol–water partition coefficient (Wildman–Crippen LogP) is 3.38. The largest absolute Gasteiger partial charge is 0.464 e. The summed E-state index contributed by atoms with van der Waals surface area (Å²) in [6, 6.07) is 7.84. The Kier molecular flexibility index (Phi) is 5.08. The lowest BCUT2D eigenvalue weighted by atomic mass is 9.99. The van der Waals surface area contributed by atoms with E-state index in [4.69, 9.17) is 9.47 Å². The number of ether oxygens (including phenoxy) is 2. The Morgan fingerprint density at radius 3 is 2.52 bits per heavy atom. The van der Waals surface area contributed by atoms with E-state index in [9.17, 15) is 9.59 Å². The summed E-state index contributed by atoms with van der Waals surface area (Å²) in [6.07, 6.45) is 2.74. The molecule has 0 N–H and O–H groups in total. The maximum Gasteiger partial charge on any atom is 0.415 e. The quantitative estimate of drug-likeness (QED) is 0.745. The second kappa shape index (κ2) is 6.86. The molecule has 124 valence electrons. The average Bonchev–Trinajstić information content (AvgIpc) is 2.45. The van der Waals surface area contributed by atoms with E-state index in [0.717, 1.165) is 24.0 Å². The van der Waals surface area contributed by atoms with E-state index in [2.05, 4.69) is 0 Å². The van der Waals surface area contributed by atoms with Crippen LogP contribution < -0.4 is 0 Å². The molecule has 0 saturated carbocycles. The van der Waals surface area contributed by atoms with Gasteiger partial charge in [-0.3, -0.25) is 4.90 Å². The molecule has 0 unspecified atom stereocenters. The molecule has 0 spiro atoms. The summed E-state index contributed by atoms with van der Waals surface area (Å²) in [4.78, 5) is 26.0. The Balaban J connectivity index is 2.43. The van der Waals surface area contributed by atoms with Gasteiger partial charge in [0.2, 0.25) is 0 Å². The van der Waals surface area contributed by atoms with Crippen LogP contribution in [0.15, 0.2) is 30.0 Å². The Morgan fingerprint density at radius 2 is 1.87 bits per heavy atom. The maximum atomic E-state index is 12.5. The Morgan fingerprint density at radius 1 is 1.17 bits per heavy atom. The third kappa shape index (κ3) is 4.34. The molecule has 1 aromatic carbocycles. The van der Waals surface area contributed by atoms with Crippen LogP contribution in [0.25, 0.3) is 6.08 Å². The standard InChI is InChI=1S/C18H23NO4/c1-18(2,3)23-17(21)19-11-7-10-13-8-5-6-9-14(13)12-15(19)16(20)22-4/h5-6,8-9,12H,7,10-11H2,1-4H3/b15-12-. The van der Waals surface area contributed by atoms with Crippen LogP contribution in [0.3, 0.4) is 0 Å². The van der Waals surface area contributed by atoms with Gasteiger partial charge in [0.1, 0.15) is 11.3 Å². The Hall–Kier alpha value is -2.30. The molecule has 2 rings (SSSR count). The lowest BCUT2D eigenvalue weighted by molar-refractivity contribution is -0.137. The smallest absolute Gasteiger partial charge is 0.415 e. The van der Waals surface area contributed by atoms with Gasteiger partial charge < -0.3 is 9.47 Å². The van der Waals surface area contributed by atoms with E-state index in [0.29, 0.717) is 6.54 Å². The van der Waals surface area contributed by atoms with E-state index in [-0.39, 0.29) is 5.70 Å². The molecular formula is C18H23NO4. The first kappa shape index (κ1) is 17.1. The number of esters is 1. The van der Waals surface area contributed by atoms with Crippen LogP contribution in [0, 0.1) is 0 Å². The van der Waals surface area contributed by atoms with Crippen molar-refractivity contribution < 1.29 is 19.1 Å². The number of aryl methyl sites for hydroxylation is 1. The van der Waals surface area contributed by atoms with Crippen molar-refractivity contribution in [1.82, 2.24) is 4.90 Å². The minimum atomic E-state index is -0.626. The van der Waals surface area contributed by atoms with Gasteiger partial charge in [-0.25, -0.2) is 9.59 Å². The van der Waals surface area contributed by atoms with Crippen molar-refractivity contribution >= 4 is 18.1 Å². The van der Waals surface area contributed by atoms with Crippen LogP contribution in [0.1, 0.15) is 38.3 Å². The normalized spacial score (nSPS) is 17.2. The topological polar surface area (TPSA) is 55.8 Å². The minimum Gasteiger partial charge on any atom is -0.464 e. The second-order valence-corrected chi connectivity index (χ2v) is 6.46. The molecule has 1 aliphatic rings. The van der Waals surface area contributed by atoms with Gasteiger partial charge in [0, 0.05) is 6.54 Å². The second-order valence-electron chi connectivity index (χ2n) is 6.46. The fourth-order valence-corrected chi connectivity index (χ4v) is 2.46. The lowest BCUT2D eigenvalue weighted by Crippen LogP contribution is -2.39. The molecule has 5 heteroatoms. The van der Waals surface area contributed by atoms with Crippen molar-refractivity contribution in [1.29, 1.82) is 0 Å². The maximum absolute atomic E-state index is 12.5. The molecule has 0 aromatic heterocycles. The molecule has 0 bridgehead atoms. The number of rotatable bonds is 1. The summed E-state index contributed by atoms with van der Waals surface area (Å²) >= 11 is 0. The number of carbonyl (C=O) groups excluding carboxylic acids is 2. The van der Waals surface area contributed by atoms with E-state index < -0.39 is 17.7 Å². The van der Waals surface area contributed by atoms with Gasteiger partial charge in [-0.1, -0.05) is 24.3 Å². The third-order valence-corrected chi connectivity index (χ3v) is 3.47. The molecule has 0 atom stereocenters. The van der Waals surface area contributed by atoms with Gasteiger partial charge in [-0.05, 0) is 50.8 Å². The van der Waals surface area contributed by atoms with Crippen LogP contribution in [0.5, 0.6) is 0 Å². The zero-order valence-corrected chi connectivity index (χ0v) is 14.1. The van der Waals surface area contributed by atoms with Gasteiger partial charge in [-0.2, -0.15) is 0 Å². The van der Waals surface area contributed by atoms with Crippen molar-refractivity contribution in [2.24, 2.45) is 0 Å². The van der Waals surface area contributed by atoms with E-state index >= 15 is 0 Å². The van der Waals surface area contributed by atoms with Gasteiger partial charge in [0.05, 0.1) is 7.11 Å². The Labute approximate surface area is 136 Å². The highest BCUT2D eigenvalue weighted by atomic mass is 16.6. The van der Waals surface area contributed by atoms with E-state index in [1.807, 2.05) is 24.3 Å². The molecule has 1 heterocycles. The fourth-order valence-electron chi connectivity index (χ4n) is 2.46. The number of nitrogens with zero attached hydrogens (tertiary/aromatic N) is 1. The van der Waals surface area contributed by atoms with Crippen LogP contribution >= 0.6 is 0 Å². The summed E-state index contributed by atoms with van der Waals surface area (Å²) < 4.78 is 10.3. The Bertz CT molecular complexity index is 628. The summed E-state index contributed by atoms with van der Waals surface area (Å²) in [5.41, 5.74) is 1.64. The molecule has 0 fully saturated rings. The van der Waals surface area contributed by atoms with Crippen molar-refractivity contribution in [2.45, 2.75) is 39.2 Å². The first-order valence-corrected chi connectivity index (χ1v) is 7.70. The van der Waals surface area contributed by atoms with Crippen molar-refractivity contribution in [3.63, 3.8) is 0 Å². The highest BCUT2D eigenvalue weighted by Crippen LogP contribution is 2.23. The summed E-state index contributed by atoms with van der Waals surface area (Å²) in [7, 11) is 1.31. The summed E-state index contributed by atoms with van der Waals surface area (Å²) in [5, 5.41) is 0. The van der Waals surface area contributed by atoms with Crippen molar-refractivity contribution in [2.75, 3.05) is 13.7 Å². The number of hydrogen-bond donors (Lipinski definition) is 0. The van der Waals surface area contributed by atoms with Gasteiger partial charge >= 0.3 is 12.1 Å². The molecule has 1 aromatic rings.